The van der Waals surface area contributed by atoms with Gasteiger partial charge >= 0.3 is 5.76 Å². The van der Waals surface area contributed by atoms with E-state index in [2.05, 4.69) is 15.9 Å². The van der Waals surface area contributed by atoms with Crippen LogP contribution in [-0.4, -0.2) is 14.2 Å². The third kappa shape index (κ3) is 2.98. The van der Waals surface area contributed by atoms with Crippen LogP contribution in [0, 0.1) is 6.92 Å². The Bertz CT molecular complexity index is 437. The van der Waals surface area contributed by atoms with Crippen LogP contribution in [0.15, 0.2) is 22.7 Å². The number of rotatable bonds is 3. The summed E-state index contributed by atoms with van der Waals surface area (Å²) < 4.78 is 46.9. The molecule has 0 spiro atoms. The third-order valence-corrected chi connectivity index (χ3v) is 3.95. The zero-order chi connectivity index (χ0) is 11.6. The maximum Gasteiger partial charge on any atom is 0.337 e. The molecule has 1 aromatic carbocycles. The Morgan fingerprint density at radius 1 is 1.40 bits per heavy atom. The standard InChI is InChI=1S/C9H9BrF2O2S/c1-6-3-2-4-8(10)7(6)5-15(13,14)9(11)12/h2-4,9H,5H2,1H3. The predicted octanol–water partition coefficient (Wildman–Crippen LogP) is 2.89. The Morgan fingerprint density at radius 2 is 2.00 bits per heavy atom. The second-order valence-electron chi connectivity index (χ2n) is 3.10. The molecule has 0 heterocycles. The minimum atomic E-state index is -4.36. The molecule has 0 saturated carbocycles. The molecule has 0 aliphatic heterocycles. The highest BCUT2D eigenvalue weighted by Gasteiger charge is 2.25. The number of sulfone groups is 1. The fourth-order valence-corrected chi connectivity index (χ4v) is 2.82. The van der Waals surface area contributed by atoms with E-state index in [1.54, 1.807) is 25.1 Å². The van der Waals surface area contributed by atoms with E-state index in [4.69, 9.17) is 0 Å². The monoisotopic (exact) mass is 298 g/mol. The van der Waals surface area contributed by atoms with Gasteiger partial charge in [-0.05, 0) is 24.1 Å². The van der Waals surface area contributed by atoms with Crippen molar-refractivity contribution in [3.05, 3.63) is 33.8 Å². The molecule has 6 heteroatoms. The Kier molecular flexibility index (Phi) is 3.83. The van der Waals surface area contributed by atoms with Gasteiger partial charge in [0.05, 0.1) is 5.75 Å². The predicted molar refractivity (Wildman–Crippen MR) is 57.5 cm³/mol. The third-order valence-electron chi connectivity index (χ3n) is 1.97. The summed E-state index contributed by atoms with van der Waals surface area (Å²) in [5, 5.41) is 0. The molecule has 0 aliphatic carbocycles. The van der Waals surface area contributed by atoms with Crippen molar-refractivity contribution in [2.75, 3.05) is 0 Å². The van der Waals surface area contributed by atoms with Gasteiger partial charge in [0, 0.05) is 4.47 Å². The molecule has 0 aliphatic rings. The van der Waals surface area contributed by atoms with E-state index in [1.807, 2.05) is 0 Å². The van der Waals surface area contributed by atoms with Gasteiger partial charge in [-0.3, -0.25) is 0 Å². The maximum absolute atomic E-state index is 12.2. The lowest BCUT2D eigenvalue weighted by Gasteiger charge is -2.08. The summed E-state index contributed by atoms with van der Waals surface area (Å²) in [6.07, 6.45) is 0. The minimum Gasteiger partial charge on any atom is -0.223 e. The lowest BCUT2D eigenvalue weighted by atomic mass is 10.1. The van der Waals surface area contributed by atoms with Crippen LogP contribution in [-0.2, 0) is 15.6 Å². The van der Waals surface area contributed by atoms with E-state index in [-0.39, 0.29) is 0 Å². The minimum absolute atomic E-state index is 0.387. The first-order valence-corrected chi connectivity index (χ1v) is 6.59. The molecule has 0 atom stereocenters. The fraction of sp³-hybridized carbons (Fsp3) is 0.333. The number of hydrogen-bond acceptors (Lipinski definition) is 2. The number of aryl methyl sites for hydroxylation is 1. The quantitative estimate of drug-likeness (QED) is 0.860. The first kappa shape index (κ1) is 12.6. The molecule has 1 rings (SSSR count). The van der Waals surface area contributed by atoms with E-state index in [9.17, 15) is 17.2 Å². The summed E-state index contributed by atoms with van der Waals surface area (Å²) in [6.45, 7) is 1.68. The van der Waals surface area contributed by atoms with Gasteiger partial charge in [-0.2, -0.15) is 8.78 Å². The van der Waals surface area contributed by atoms with Crippen molar-refractivity contribution in [1.82, 2.24) is 0 Å². The van der Waals surface area contributed by atoms with Gasteiger partial charge in [0.2, 0.25) is 9.84 Å². The van der Waals surface area contributed by atoms with E-state index in [0.29, 0.717) is 15.6 Å². The van der Waals surface area contributed by atoms with Crippen LogP contribution in [0.4, 0.5) is 8.78 Å². The van der Waals surface area contributed by atoms with Crippen LogP contribution in [0.1, 0.15) is 11.1 Å². The fourth-order valence-electron chi connectivity index (χ4n) is 1.11. The topological polar surface area (TPSA) is 34.1 Å². The highest BCUT2D eigenvalue weighted by Crippen LogP contribution is 2.24. The highest BCUT2D eigenvalue weighted by molar-refractivity contribution is 9.10. The molecule has 2 nitrogen and oxygen atoms in total. The van der Waals surface area contributed by atoms with Crippen LogP contribution in [0.2, 0.25) is 0 Å². The molecule has 0 fully saturated rings. The molecular weight excluding hydrogens is 290 g/mol. The smallest absolute Gasteiger partial charge is 0.223 e. The lowest BCUT2D eigenvalue weighted by Crippen LogP contribution is -2.14. The van der Waals surface area contributed by atoms with Gasteiger partial charge in [0.15, 0.2) is 0 Å². The molecule has 1 aromatic rings. The first-order valence-electron chi connectivity index (χ1n) is 4.08. The molecule has 0 unspecified atom stereocenters. The van der Waals surface area contributed by atoms with Gasteiger partial charge in [0.25, 0.3) is 0 Å². The molecule has 0 bridgehead atoms. The van der Waals surface area contributed by atoms with Gasteiger partial charge in [-0.1, -0.05) is 28.1 Å². The van der Waals surface area contributed by atoms with E-state index in [0.717, 1.165) is 0 Å². The second kappa shape index (κ2) is 4.57. The lowest BCUT2D eigenvalue weighted by molar-refractivity contribution is 0.234. The molecule has 0 amide bonds. The van der Waals surface area contributed by atoms with E-state index < -0.39 is 21.3 Å². The van der Waals surface area contributed by atoms with Crippen LogP contribution >= 0.6 is 15.9 Å². The molecule has 0 aromatic heterocycles. The average Bonchev–Trinajstić information content (AvgIpc) is 2.11. The van der Waals surface area contributed by atoms with E-state index in [1.165, 1.54) is 0 Å². The molecule has 0 N–H and O–H groups in total. The van der Waals surface area contributed by atoms with Crippen LogP contribution in [0.5, 0.6) is 0 Å². The maximum atomic E-state index is 12.2. The molecule has 84 valence electrons. The number of halogens is 3. The van der Waals surface area contributed by atoms with Crippen molar-refractivity contribution in [3.8, 4) is 0 Å². The van der Waals surface area contributed by atoms with Crippen molar-refractivity contribution < 1.29 is 17.2 Å². The van der Waals surface area contributed by atoms with Crippen molar-refractivity contribution in [3.63, 3.8) is 0 Å². The van der Waals surface area contributed by atoms with Crippen LogP contribution in [0.25, 0.3) is 0 Å². The summed E-state index contributed by atoms with van der Waals surface area (Å²) in [5.41, 5.74) is 1.06. The molecule has 0 saturated heterocycles. The normalized spacial score (nSPS) is 12.1. The summed E-state index contributed by atoms with van der Waals surface area (Å²) in [6, 6.07) is 5.03. The van der Waals surface area contributed by atoms with Crippen LogP contribution < -0.4 is 0 Å². The number of benzene rings is 1. The van der Waals surface area contributed by atoms with E-state index >= 15 is 0 Å². The number of hydrogen-bond donors (Lipinski definition) is 0. The van der Waals surface area contributed by atoms with Crippen molar-refractivity contribution in [2.45, 2.75) is 18.4 Å². The molecule has 0 radical (unpaired) electrons. The zero-order valence-electron chi connectivity index (χ0n) is 7.88. The van der Waals surface area contributed by atoms with Gasteiger partial charge < -0.3 is 0 Å². The summed E-state index contributed by atoms with van der Waals surface area (Å²) >= 11 is 3.14. The zero-order valence-corrected chi connectivity index (χ0v) is 10.3. The van der Waals surface area contributed by atoms with Gasteiger partial charge in [-0.25, -0.2) is 8.42 Å². The SMILES string of the molecule is Cc1cccc(Br)c1CS(=O)(=O)C(F)F. The van der Waals surface area contributed by atoms with Crippen molar-refractivity contribution in [2.24, 2.45) is 0 Å². The number of alkyl halides is 2. The largest absolute Gasteiger partial charge is 0.337 e. The Morgan fingerprint density at radius 3 is 2.47 bits per heavy atom. The summed E-state index contributed by atoms with van der Waals surface area (Å²) in [7, 11) is -4.36. The van der Waals surface area contributed by atoms with Gasteiger partial charge in [0.1, 0.15) is 0 Å². The first-order chi connectivity index (χ1) is 6.84. The Labute approximate surface area is 95.4 Å². The van der Waals surface area contributed by atoms with Gasteiger partial charge in [-0.15, -0.1) is 0 Å². The second-order valence-corrected chi connectivity index (χ2v) is 5.93. The Balaban J connectivity index is 3.11. The average molecular weight is 299 g/mol. The Hall–Kier alpha value is -0.490. The summed E-state index contributed by atoms with van der Waals surface area (Å²) in [4.78, 5) is 0. The highest BCUT2D eigenvalue weighted by atomic mass is 79.9. The van der Waals surface area contributed by atoms with Crippen molar-refractivity contribution >= 4 is 25.8 Å². The van der Waals surface area contributed by atoms with Crippen molar-refractivity contribution in [1.29, 1.82) is 0 Å². The van der Waals surface area contributed by atoms with Crippen LogP contribution in [0.3, 0.4) is 0 Å². The summed E-state index contributed by atoms with van der Waals surface area (Å²) in [5.74, 6) is -3.97. The molecular formula is C9H9BrF2O2S. The molecule has 15 heavy (non-hydrogen) atoms.